The zero-order chi connectivity index (χ0) is 26.5. The summed E-state index contributed by atoms with van der Waals surface area (Å²) in [5, 5.41) is 7.00. The third-order valence-electron chi connectivity index (χ3n) is 5.63. The number of fused-ring (bicyclic) bond motifs is 1. The highest BCUT2D eigenvalue weighted by Gasteiger charge is 2.26. The second-order valence-electron chi connectivity index (χ2n) is 8.52. The molecule has 1 aromatic heterocycles. The van der Waals surface area contributed by atoms with E-state index >= 15 is 4.39 Å². The lowest BCUT2D eigenvalue weighted by Crippen LogP contribution is -2.27. The number of hydrogen-bond donors (Lipinski definition) is 1. The summed E-state index contributed by atoms with van der Waals surface area (Å²) in [6.07, 6.45) is 1.43. The van der Waals surface area contributed by atoms with E-state index < -0.39 is 11.7 Å². The Morgan fingerprint density at radius 2 is 2.03 bits per heavy atom. The molecule has 2 aromatic carbocycles. The van der Waals surface area contributed by atoms with Gasteiger partial charge in [0.2, 0.25) is 5.82 Å². The van der Waals surface area contributed by atoms with Crippen LogP contribution in [0.15, 0.2) is 42.6 Å². The van der Waals surface area contributed by atoms with Crippen LogP contribution in [0.2, 0.25) is 0 Å². The molecule has 0 bridgehead atoms. The molecule has 37 heavy (non-hydrogen) atoms. The average molecular weight is 513 g/mol. The van der Waals surface area contributed by atoms with Crippen LogP contribution in [0.4, 0.5) is 10.2 Å². The molecule has 0 spiro atoms. The minimum atomic E-state index is -0.809. The Bertz CT molecular complexity index is 1290. The Morgan fingerprint density at radius 3 is 2.76 bits per heavy atom. The van der Waals surface area contributed by atoms with Crippen LogP contribution < -0.4 is 19.5 Å². The number of anilines is 1. The Labute approximate surface area is 213 Å². The van der Waals surface area contributed by atoms with Crippen molar-refractivity contribution in [3.63, 3.8) is 0 Å². The molecule has 11 heteroatoms. The van der Waals surface area contributed by atoms with Crippen molar-refractivity contribution < 1.29 is 32.9 Å². The van der Waals surface area contributed by atoms with Gasteiger partial charge in [0.15, 0.2) is 17.3 Å². The van der Waals surface area contributed by atoms with E-state index in [0.717, 1.165) is 0 Å². The van der Waals surface area contributed by atoms with E-state index in [-0.39, 0.29) is 47.0 Å². The SMILES string of the molecule is CCn1ccc(NC(=O)c2cc(Oc3ccc4c(c3F)OCCN(C)C4=O)cc(OC(C)COC)c2)n1. The van der Waals surface area contributed by atoms with Gasteiger partial charge in [0.1, 0.15) is 24.2 Å². The summed E-state index contributed by atoms with van der Waals surface area (Å²) in [5.41, 5.74) is 0.327. The quantitative estimate of drug-likeness (QED) is 0.463. The van der Waals surface area contributed by atoms with Crippen molar-refractivity contribution >= 4 is 17.6 Å². The Balaban J connectivity index is 1.65. The van der Waals surface area contributed by atoms with E-state index in [1.807, 2.05) is 13.8 Å². The summed E-state index contributed by atoms with van der Waals surface area (Å²) in [7, 11) is 3.18. The number of amides is 2. The third kappa shape index (κ3) is 6.00. The maximum Gasteiger partial charge on any atom is 0.257 e. The maximum atomic E-state index is 15.4. The first kappa shape index (κ1) is 26.0. The van der Waals surface area contributed by atoms with Crippen molar-refractivity contribution in [2.45, 2.75) is 26.5 Å². The molecule has 0 aliphatic carbocycles. The highest BCUT2D eigenvalue weighted by Crippen LogP contribution is 2.36. The number of rotatable bonds is 9. The molecule has 1 aliphatic rings. The van der Waals surface area contributed by atoms with Crippen molar-refractivity contribution in [2.24, 2.45) is 0 Å². The van der Waals surface area contributed by atoms with Crippen LogP contribution in [0, 0.1) is 5.82 Å². The van der Waals surface area contributed by atoms with Crippen LogP contribution in [-0.4, -0.2) is 66.5 Å². The van der Waals surface area contributed by atoms with Crippen molar-refractivity contribution in [2.75, 3.05) is 39.2 Å². The molecule has 10 nitrogen and oxygen atoms in total. The van der Waals surface area contributed by atoms with Gasteiger partial charge in [0.25, 0.3) is 11.8 Å². The summed E-state index contributed by atoms with van der Waals surface area (Å²) < 4.78 is 39.4. The van der Waals surface area contributed by atoms with Gasteiger partial charge in [0.05, 0.1) is 18.7 Å². The van der Waals surface area contributed by atoms with Gasteiger partial charge in [0, 0.05) is 44.6 Å². The number of nitrogens with one attached hydrogen (secondary N) is 1. The topological polar surface area (TPSA) is 104 Å². The van der Waals surface area contributed by atoms with Crippen molar-refractivity contribution in [3.8, 4) is 23.0 Å². The zero-order valence-corrected chi connectivity index (χ0v) is 21.1. The van der Waals surface area contributed by atoms with Gasteiger partial charge < -0.3 is 29.2 Å². The van der Waals surface area contributed by atoms with E-state index in [1.165, 1.54) is 23.1 Å². The average Bonchev–Trinajstić information content (AvgIpc) is 3.27. The van der Waals surface area contributed by atoms with Crippen LogP contribution >= 0.6 is 0 Å². The van der Waals surface area contributed by atoms with Gasteiger partial charge in [-0.2, -0.15) is 9.49 Å². The van der Waals surface area contributed by atoms with Gasteiger partial charge in [-0.1, -0.05) is 0 Å². The summed E-state index contributed by atoms with van der Waals surface area (Å²) >= 11 is 0. The number of halogens is 1. The number of aromatic nitrogens is 2. The predicted octanol–water partition coefficient (Wildman–Crippen LogP) is 3.96. The highest BCUT2D eigenvalue weighted by molar-refractivity contribution is 6.04. The molecule has 1 atom stereocenters. The maximum absolute atomic E-state index is 15.4. The Kier molecular flexibility index (Phi) is 7.92. The second-order valence-corrected chi connectivity index (χ2v) is 8.52. The Hall–Kier alpha value is -4.12. The molecule has 0 saturated carbocycles. The molecule has 4 rings (SSSR count). The van der Waals surface area contributed by atoms with Crippen LogP contribution in [0.5, 0.6) is 23.0 Å². The van der Waals surface area contributed by atoms with Crippen molar-refractivity contribution in [3.05, 3.63) is 59.5 Å². The van der Waals surface area contributed by atoms with E-state index in [4.69, 9.17) is 18.9 Å². The molecule has 2 amide bonds. The molecule has 2 heterocycles. The van der Waals surface area contributed by atoms with E-state index in [9.17, 15) is 9.59 Å². The molecule has 1 N–H and O–H groups in total. The number of benzene rings is 2. The van der Waals surface area contributed by atoms with Gasteiger partial charge in [-0.3, -0.25) is 14.3 Å². The number of nitrogens with zero attached hydrogens (tertiary/aromatic N) is 3. The number of likely N-dealkylation sites (N-methyl/N-ethyl adjacent to an activating group) is 1. The molecular formula is C26H29FN4O6. The summed E-state index contributed by atoms with van der Waals surface area (Å²) in [6, 6.07) is 9.05. The fourth-order valence-electron chi connectivity index (χ4n) is 3.77. The first-order valence-electron chi connectivity index (χ1n) is 11.8. The predicted molar refractivity (Wildman–Crippen MR) is 133 cm³/mol. The number of carbonyl (C=O) groups is 2. The summed E-state index contributed by atoms with van der Waals surface area (Å²) in [4.78, 5) is 27.0. The molecule has 1 unspecified atom stereocenters. The third-order valence-corrected chi connectivity index (χ3v) is 5.63. The largest absolute Gasteiger partial charge is 0.488 e. The summed E-state index contributed by atoms with van der Waals surface area (Å²) in [5.74, 6) is -1.06. The first-order chi connectivity index (χ1) is 17.8. The standard InChI is InChI=1S/C26H29FN4O6/c1-5-31-9-8-22(29-31)28-25(32)17-12-18(36-16(2)15-34-4)14-19(13-17)37-21-7-6-20-24(23(21)27)35-11-10-30(3)26(20)33/h6-9,12-14,16H,5,10-11,15H2,1-4H3,(H,28,29,32). The van der Waals surface area contributed by atoms with Crippen LogP contribution in [-0.2, 0) is 11.3 Å². The number of aryl methyl sites for hydroxylation is 1. The van der Waals surface area contributed by atoms with Gasteiger partial charge in [-0.15, -0.1) is 0 Å². The monoisotopic (exact) mass is 512 g/mol. The van der Waals surface area contributed by atoms with Crippen LogP contribution in [0.3, 0.4) is 0 Å². The molecule has 3 aromatic rings. The minimum Gasteiger partial charge on any atom is -0.488 e. The molecular weight excluding hydrogens is 483 g/mol. The molecule has 196 valence electrons. The van der Waals surface area contributed by atoms with Gasteiger partial charge in [-0.05, 0) is 38.1 Å². The minimum absolute atomic E-state index is 0.113. The van der Waals surface area contributed by atoms with Crippen molar-refractivity contribution in [1.29, 1.82) is 0 Å². The van der Waals surface area contributed by atoms with E-state index in [1.54, 1.807) is 43.2 Å². The van der Waals surface area contributed by atoms with Gasteiger partial charge in [-0.25, -0.2) is 0 Å². The second kappa shape index (κ2) is 11.3. The van der Waals surface area contributed by atoms with Gasteiger partial charge >= 0.3 is 0 Å². The number of carbonyl (C=O) groups excluding carboxylic acids is 2. The first-order valence-corrected chi connectivity index (χ1v) is 11.8. The van der Waals surface area contributed by atoms with Crippen LogP contribution in [0.25, 0.3) is 0 Å². The molecule has 0 fully saturated rings. The van der Waals surface area contributed by atoms with Crippen molar-refractivity contribution in [1.82, 2.24) is 14.7 Å². The van der Waals surface area contributed by atoms with E-state index in [2.05, 4.69) is 10.4 Å². The number of ether oxygens (including phenoxy) is 4. The smallest absolute Gasteiger partial charge is 0.257 e. The highest BCUT2D eigenvalue weighted by atomic mass is 19.1. The molecule has 0 radical (unpaired) electrons. The number of methoxy groups -OCH3 is 1. The fraction of sp³-hybridized carbons (Fsp3) is 0.346. The lowest BCUT2D eigenvalue weighted by atomic mass is 10.1. The normalized spacial score (nSPS) is 13.9. The summed E-state index contributed by atoms with van der Waals surface area (Å²) in [6.45, 7) is 5.20. The lowest BCUT2D eigenvalue weighted by molar-refractivity contribution is 0.0796. The fourth-order valence-corrected chi connectivity index (χ4v) is 3.77. The van der Waals surface area contributed by atoms with Crippen LogP contribution in [0.1, 0.15) is 34.6 Å². The Morgan fingerprint density at radius 1 is 1.24 bits per heavy atom. The molecule has 1 aliphatic heterocycles. The van der Waals surface area contributed by atoms with E-state index in [0.29, 0.717) is 31.3 Å². The lowest BCUT2D eigenvalue weighted by Gasteiger charge is -2.17. The zero-order valence-electron chi connectivity index (χ0n) is 21.1. The number of hydrogen-bond acceptors (Lipinski definition) is 7. The molecule has 0 saturated heterocycles.